The van der Waals surface area contributed by atoms with E-state index >= 15 is 0 Å². The Morgan fingerprint density at radius 2 is 1.76 bits per heavy atom. The van der Waals surface area contributed by atoms with Crippen molar-refractivity contribution in [3.8, 4) is 11.1 Å². The Balaban J connectivity index is 2.18. The maximum Gasteiger partial charge on any atom is -0.00134 e. The molecule has 0 saturated carbocycles. The smallest absolute Gasteiger partial charge is 0.00134 e. The molecule has 2 aromatic carbocycles. The molecule has 0 N–H and O–H groups in total. The molecular formula is C17H16. The van der Waals surface area contributed by atoms with Crippen LogP contribution in [0.3, 0.4) is 0 Å². The molecule has 0 heterocycles. The third kappa shape index (κ3) is 1.61. The zero-order chi connectivity index (χ0) is 11.8. The van der Waals surface area contributed by atoms with Gasteiger partial charge in [-0.1, -0.05) is 42.5 Å². The van der Waals surface area contributed by atoms with E-state index in [1.54, 1.807) is 0 Å². The lowest BCUT2D eigenvalue weighted by molar-refractivity contribution is 1.26. The molecule has 0 fully saturated rings. The average Bonchev–Trinajstić information content (AvgIpc) is 2.75. The van der Waals surface area contributed by atoms with Crippen molar-refractivity contribution in [2.24, 2.45) is 0 Å². The summed E-state index contributed by atoms with van der Waals surface area (Å²) in [6, 6.07) is 15.6. The zero-order valence-corrected chi connectivity index (χ0v) is 10.3. The molecule has 0 saturated heterocycles. The molecule has 17 heavy (non-hydrogen) atoms. The third-order valence-electron chi connectivity index (χ3n) is 3.69. The van der Waals surface area contributed by atoms with Crippen LogP contribution in [0.5, 0.6) is 0 Å². The molecule has 0 spiro atoms. The van der Waals surface area contributed by atoms with Crippen molar-refractivity contribution in [3.05, 3.63) is 65.2 Å². The lowest BCUT2D eigenvalue weighted by atomic mass is 9.99. The summed E-state index contributed by atoms with van der Waals surface area (Å²) < 4.78 is 0. The van der Waals surface area contributed by atoms with Gasteiger partial charge in [0, 0.05) is 0 Å². The summed E-state index contributed by atoms with van der Waals surface area (Å²) in [5, 5.41) is 0. The van der Waals surface area contributed by atoms with Gasteiger partial charge in [0.05, 0.1) is 0 Å². The minimum absolute atomic E-state index is 1.08. The van der Waals surface area contributed by atoms with Crippen LogP contribution in [-0.4, -0.2) is 0 Å². The maximum absolute atomic E-state index is 2.33. The number of hydrogen-bond acceptors (Lipinski definition) is 0. The van der Waals surface area contributed by atoms with E-state index in [0.717, 1.165) is 6.42 Å². The molecule has 1 aliphatic rings. The highest BCUT2D eigenvalue weighted by Gasteiger charge is 2.17. The Kier molecular flexibility index (Phi) is 2.36. The fourth-order valence-electron chi connectivity index (χ4n) is 2.54. The fraction of sp³-hybridized carbons (Fsp3) is 0.176. The number of rotatable bonds is 1. The molecule has 0 radical (unpaired) electrons. The molecule has 1 aliphatic carbocycles. The van der Waals surface area contributed by atoms with Gasteiger partial charge in [0.2, 0.25) is 0 Å². The highest BCUT2D eigenvalue weighted by molar-refractivity contribution is 5.80. The van der Waals surface area contributed by atoms with E-state index in [4.69, 9.17) is 0 Å². The monoisotopic (exact) mass is 220 g/mol. The summed E-state index contributed by atoms with van der Waals surface area (Å²) in [6.07, 6.45) is 3.25. The Morgan fingerprint density at radius 3 is 2.59 bits per heavy atom. The van der Waals surface area contributed by atoms with E-state index in [1.807, 2.05) is 0 Å². The summed E-state index contributed by atoms with van der Waals surface area (Å²) >= 11 is 0. The van der Waals surface area contributed by atoms with Gasteiger partial charge in [-0.2, -0.15) is 0 Å². The number of hydrogen-bond donors (Lipinski definition) is 0. The number of allylic oxidation sites excluding steroid dienone is 2. The minimum Gasteiger partial charge on any atom is -0.0841 e. The van der Waals surface area contributed by atoms with Crippen LogP contribution >= 0.6 is 0 Å². The SMILES string of the molecule is C/C=C(/C)c1ccc2c(c1)-c1ccccc1C2. The maximum atomic E-state index is 2.33. The molecule has 0 heteroatoms. The summed E-state index contributed by atoms with van der Waals surface area (Å²) in [5.41, 5.74) is 8.42. The second-order valence-corrected chi connectivity index (χ2v) is 4.68. The van der Waals surface area contributed by atoms with E-state index in [2.05, 4.69) is 62.4 Å². The summed E-state index contributed by atoms with van der Waals surface area (Å²) in [5.74, 6) is 0. The molecule has 0 unspecified atom stereocenters. The molecule has 0 atom stereocenters. The Hall–Kier alpha value is -1.82. The minimum atomic E-state index is 1.08. The van der Waals surface area contributed by atoms with Gasteiger partial charge in [0.25, 0.3) is 0 Å². The quantitative estimate of drug-likeness (QED) is 0.558. The molecule has 2 aromatic rings. The molecule has 0 aliphatic heterocycles. The summed E-state index contributed by atoms with van der Waals surface area (Å²) in [4.78, 5) is 0. The van der Waals surface area contributed by atoms with Crippen molar-refractivity contribution in [2.75, 3.05) is 0 Å². The Morgan fingerprint density at radius 1 is 1.00 bits per heavy atom. The highest BCUT2D eigenvalue weighted by atomic mass is 14.2. The van der Waals surface area contributed by atoms with E-state index in [1.165, 1.54) is 33.4 Å². The van der Waals surface area contributed by atoms with Crippen LogP contribution in [0, 0.1) is 0 Å². The molecular weight excluding hydrogens is 204 g/mol. The normalized spacial score (nSPS) is 13.4. The van der Waals surface area contributed by atoms with Crippen molar-refractivity contribution in [1.82, 2.24) is 0 Å². The first kappa shape index (κ1) is 10.3. The van der Waals surface area contributed by atoms with Gasteiger partial charge in [0.15, 0.2) is 0 Å². The topological polar surface area (TPSA) is 0 Å². The van der Waals surface area contributed by atoms with Crippen LogP contribution in [-0.2, 0) is 6.42 Å². The standard InChI is InChI=1S/C17H16/c1-3-12(2)13-8-9-15-10-14-6-4-5-7-16(14)17(15)11-13/h3-9,11H,10H2,1-2H3/b12-3-. The number of fused-ring (bicyclic) bond motifs is 3. The van der Waals surface area contributed by atoms with E-state index in [9.17, 15) is 0 Å². The fourth-order valence-corrected chi connectivity index (χ4v) is 2.54. The number of benzene rings is 2. The third-order valence-corrected chi connectivity index (χ3v) is 3.69. The van der Waals surface area contributed by atoms with Gasteiger partial charge in [-0.3, -0.25) is 0 Å². The van der Waals surface area contributed by atoms with Gasteiger partial charge in [-0.15, -0.1) is 0 Å². The van der Waals surface area contributed by atoms with Crippen molar-refractivity contribution >= 4 is 5.57 Å². The van der Waals surface area contributed by atoms with Crippen LogP contribution in [0.15, 0.2) is 48.5 Å². The highest BCUT2D eigenvalue weighted by Crippen LogP contribution is 2.37. The van der Waals surface area contributed by atoms with E-state index in [-0.39, 0.29) is 0 Å². The van der Waals surface area contributed by atoms with Crippen LogP contribution in [0.4, 0.5) is 0 Å². The predicted octanol–water partition coefficient (Wildman–Crippen LogP) is 4.68. The summed E-state index contributed by atoms with van der Waals surface area (Å²) in [6.45, 7) is 4.26. The predicted molar refractivity (Wildman–Crippen MR) is 74.0 cm³/mol. The molecule has 0 aromatic heterocycles. The average molecular weight is 220 g/mol. The van der Waals surface area contributed by atoms with Crippen molar-refractivity contribution < 1.29 is 0 Å². The first-order valence-electron chi connectivity index (χ1n) is 6.14. The largest absolute Gasteiger partial charge is 0.0841 e. The van der Waals surface area contributed by atoms with Gasteiger partial charge >= 0.3 is 0 Å². The van der Waals surface area contributed by atoms with Crippen LogP contribution in [0.25, 0.3) is 16.7 Å². The second kappa shape index (κ2) is 3.89. The van der Waals surface area contributed by atoms with Crippen molar-refractivity contribution in [2.45, 2.75) is 20.3 Å². The molecule has 3 rings (SSSR count). The first-order valence-corrected chi connectivity index (χ1v) is 6.14. The van der Waals surface area contributed by atoms with Crippen LogP contribution < -0.4 is 0 Å². The molecule has 84 valence electrons. The van der Waals surface area contributed by atoms with Crippen molar-refractivity contribution in [3.63, 3.8) is 0 Å². The van der Waals surface area contributed by atoms with Gasteiger partial charge in [-0.05, 0) is 59.7 Å². The van der Waals surface area contributed by atoms with Crippen LogP contribution in [0.1, 0.15) is 30.5 Å². The molecule has 0 bridgehead atoms. The lowest BCUT2D eigenvalue weighted by Crippen LogP contribution is -1.84. The van der Waals surface area contributed by atoms with E-state index in [0.29, 0.717) is 0 Å². The Bertz CT molecular complexity index is 603. The van der Waals surface area contributed by atoms with Gasteiger partial charge in [-0.25, -0.2) is 0 Å². The van der Waals surface area contributed by atoms with Gasteiger partial charge in [0.1, 0.15) is 0 Å². The summed E-state index contributed by atoms with van der Waals surface area (Å²) in [7, 11) is 0. The van der Waals surface area contributed by atoms with Crippen LogP contribution in [0.2, 0.25) is 0 Å². The zero-order valence-electron chi connectivity index (χ0n) is 10.3. The first-order chi connectivity index (χ1) is 8.29. The van der Waals surface area contributed by atoms with Crippen molar-refractivity contribution in [1.29, 1.82) is 0 Å². The lowest BCUT2D eigenvalue weighted by Gasteiger charge is -2.05. The van der Waals surface area contributed by atoms with Gasteiger partial charge < -0.3 is 0 Å². The Labute approximate surface area is 103 Å². The molecule has 0 amide bonds. The van der Waals surface area contributed by atoms with E-state index < -0.39 is 0 Å². The molecule has 0 nitrogen and oxygen atoms in total. The second-order valence-electron chi connectivity index (χ2n) is 4.68.